The molecule has 0 amide bonds. The van der Waals surface area contributed by atoms with Crippen molar-refractivity contribution in [1.29, 1.82) is 0 Å². The van der Waals surface area contributed by atoms with Gasteiger partial charge in [0.2, 0.25) is 0 Å². The summed E-state index contributed by atoms with van der Waals surface area (Å²) in [5.41, 5.74) is 1.35. The molecule has 0 aliphatic carbocycles. The van der Waals surface area contributed by atoms with E-state index in [0.29, 0.717) is 11.8 Å². The van der Waals surface area contributed by atoms with Gasteiger partial charge in [0.15, 0.2) is 0 Å². The summed E-state index contributed by atoms with van der Waals surface area (Å²) in [6.07, 6.45) is 7.19. The summed E-state index contributed by atoms with van der Waals surface area (Å²) < 4.78 is 0. The lowest BCUT2D eigenvalue weighted by Crippen LogP contribution is -1.93. The van der Waals surface area contributed by atoms with E-state index in [4.69, 9.17) is 0 Å². The predicted molar refractivity (Wildman–Crippen MR) is 74.4 cm³/mol. The Labute approximate surface area is 109 Å². The molecule has 0 saturated carbocycles. The summed E-state index contributed by atoms with van der Waals surface area (Å²) in [6, 6.07) is 5.92. The number of hydrogen-bond donors (Lipinski definition) is 0. The van der Waals surface area contributed by atoms with Crippen LogP contribution in [0.15, 0.2) is 43.0 Å². The number of pyridine rings is 1. The second-order valence-electron chi connectivity index (χ2n) is 4.70. The lowest BCUT2D eigenvalue weighted by atomic mass is 10.1. The number of rotatable bonds is 2. The summed E-state index contributed by atoms with van der Waals surface area (Å²) in [7, 11) is 0. The highest BCUT2D eigenvalue weighted by Crippen LogP contribution is 2.10. The fourth-order valence-electron chi connectivity index (χ4n) is 1.36. The largest absolute Gasteiger partial charge is 0.265 e. The van der Waals surface area contributed by atoms with Crippen LogP contribution >= 0.6 is 0 Å². The fourth-order valence-corrected chi connectivity index (χ4v) is 1.36. The molecule has 0 N–H and O–H groups in total. The van der Waals surface area contributed by atoms with Gasteiger partial charge in [-0.1, -0.05) is 27.7 Å². The molecular formula is C15H21N3. The van der Waals surface area contributed by atoms with Crippen molar-refractivity contribution >= 4 is 0 Å². The lowest BCUT2D eigenvalue weighted by Gasteiger charge is -2.01. The Morgan fingerprint density at radius 1 is 0.778 bits per heavy atom. The van der Waals surface area contributed by atoms with Crippen LogP contribution in [0.25, 0.3) is 0 Å². The molecule has 0 unspecified atom stereocenters. The van der Waals surface area contributed by atoms with Crippen molar-refractivity contribution in [2.45, 2.75) is 39.5 Å². The maximum absolute atomic E-state index is 4.07. The van der Waals surface area contributed by atoms with Gasteiger partial charge in [-0.15, -0.1) is 0 Å². The third kappa shape index (κ3) is 5.04. The Kier molecular flexibility index (Phi) is 5.98. The minimum absolute atomic E-state index is 0.436. The molecule has 0 bridgehead atoms. The van der Waals surface area contributed by atoms with Gasteiger partial charge in [-0.2, -0.15) is 0 Å². The van der Waals surface area contributed by atoms with Crippen molar-refractivity contribution in [2.24, 2.45) is 0 Å². The highest BCUT2D eigenvalue weighted by molar-refractivity contribution is 5.13. The van der Waals surface area contributed by atoms with Gasteiger partial charge in [-0.05, 0) is 29.7 Å². The van der Waals surface area contributed by atoms with E-state index in [0.717, 1.165) is 5.82 Å². The van der Waals surface area contributed by atoms with Gasteiger partial charge in [0.1, 0.15) is 5.82 Å². The van der Waals surface area contributed by atoms with Crippen LogP contribution in [0.1, 0.15) is 50.9 Å². The molecular weight excluding hydrogens is 222 g/mol. The van der Waals surface area contributed by atoms with E-state index in [1.807, 2.05) is 30.6 Å². The van der Waals surface area contributed by atoms with Gasteiger partial charge in [0.05, 0.1) is 0 Å². The third-order valence-electron chi connectivity index (χ3n) is 2.47. The third-order valence-corrected chi connectivity index (χ3v) is 2.47. The first kappa shape index (κ1) is 14.3. The fraction of sp³-hybridized carbons (Fsp3) is 0.400. The summed E-state index contributed by atoms with van der Waals surface area (Å²) >= 11 is 0. The molecule has 0 radical (unpaired) electrons. The minimum Gasteiger partial charge on any atom is -0.265 e. The van der Waals surface area contributed by atoms with E-state index < -0.39 is 0 Å². The molecule has 0 saturated heterocycles. The minimum atomic E-state index is 0.436. The van der Waals surface area contributed by atoms with Crippen LogP contribution in [0.3, 0.4) is 0 Å². The first-order chi connectivity index (χ1) is 8.61. The first-order valence-electron chi connectivity index (χ1n) is 6.28. The summed E-state index contributed by atoms with van der Waals surface area (Å²) in [4.78, 5) is 12.1. The molecule has 2 aromatic heterocycles. The van der Waals surface area contributed by atoms with Gasteiger partial charge < -0.3 is 0 Å². The van der Waals surface area contributed by atoms with Crippen molar-refractivity contribution in [2.75, 3.05) is 0 Å². The molecule has 18 heavy (non-hydrogen) atoms. The number of aromatic nitrogens is 3. The van der Waals surface area contributed by atoms with E-state index in [1.54, 1.807) is 12.4 Å². The molecule has 0 spiro atoms. The Bertz CT molecular complexity index is 381. The topological polar surface area (TPSA) is 38.7 Å². The average molecular weight is 243 g/mol. The predicted octanol–water partition coefficient (Wildman–Crippen LogP) is 3.81. The molecule has 0 aliphatic rings. The van der Waals surface area contributed by atoms with E-state index >= 15 is 0 Å². The molecule has 0 fully saturated rings. The summed E-state index contributed by atoms with van der Waals surface area (Å²) in [5, 5.41) is 0. The summed E-state index contributed by atoms with van der Waals surface area (Å²) in [6.45, 7) is 8.51. The molecule has 2 heterocycles. The Balaban J connectivity index is 0.000000180. The van der Waals surface area contributed by atoms with Crippen LogP contribution in [0.2, 0.25) is 0 Å². The van der Waals surface area contributed by atoms with Crippen LogP contribution < -0.4 is 0 Å². The molecule has 0 aliphatic heterocycles. The zero-order valence-electron chi connectivity index (χ0n) is 11.5. The molecule has 0 aromatic carbocycles. The van der Waals surface area contributed by atoms with Gasteiger partial charge in [0, 0.05) is 30.7 Å². The standard InChI is InChI=1S/C8H11N.C7H10N2/c1-7(2)8-3-5-9-6-4-8;1-6(2)7-8-4-3-5-9-7/h3-7H,1-2H3;3-6H,1-2H3. The van der Waals surface area contributed by atoms with Crippen molar-refractivity contribution in [3.8, 4) is 0 Å². The van der Waals surface area contributed by atoms with Crippen molar-refractivity contribution in [1.82, 2.24) is 15.0 Å². The van der Waals surface area contributed by atoms with Crippen LogP contribution in [0, 0.1) is 0 Å². The summed E-state index contributed by atoms with van der Waals surface area (Å²) in [5.74, 6) is 1.97. The smallest absolute Gasteiger partial charge is 0.130 e. The van der Waals surface area contributed by atoms with Crippen LogP contribution in [0.5, 0.6) is 0 Å². The molecule has 2 aromatic rings. The molecule has 3 nitrogen and oxygen atoms in total. The molecule has 2 rings (SSSR count). The zero-order chi connectivity index (χ0) is 13.4. The van der Waals surface area contributed by atoms with Gasteiger partial charge in [-0.25, -0.2) is 9.97 Å². The normalized spacial score (nSPS) is 10.1. The van der Waals surface area contributed by atoms with E-state index in [2.05, 4.69) is 42.6 Å². The van der Waals surface area contributed by atoms with Crippen LogP contribution in [-0.4, -0.2) is 15.0 Å². The van der Waals surface area contributed by atoms with Crippen molar-refractivity contribution in [3.63, 3.8) is 0 Å². The van der Waals surface area contributed by atoms with Gasteiger partial charge >= 0.3 is 0 Å². The monoisotopic (exact) mass is 243 g/mol. The highest BCUT2D eigenvalue weighted by atomic mass is 14.9. The Morgan fingerprint density at radius 3 is 1.67 bits per heavy atom. The number of hydrogen-bond acceptors (Lipinski definition) is 3. The Morgan fingerprint density at radius 2 is 1.33 bits per heavy atom. The average Bonchev–Trinajstić information content (AvgIpc) is 2.41. The maximum Gasteiger partial charge on any atom is 0.130 e. The molecule has 0 atom stereocenters. The second kappa shape index (κ2) is 7.54. The van der Waals surface area contributed by atoms with Crippen molar-refractivity contribution in [3.05, 3.63) is 54.4 Å². The van der Waals surface area contributed by atoms with Crippen molar-refractivity contribution < 1.29 is 0 Å². The van der Waals surface area contributed by atoms with E-state index in [9.17, 15) is 0 Å². The van der Waals surface area contributed by atoms with E-state index in [-0.39, 0.29) is 0 Å². The van der Waals surface area contributed by atoms with Crippen LogP contribution in [-0.2, 0) is 0 Å². The quantitative estimate of drug-likeness (QED) is 0.805. The number of nitrogens with zero attached hydrogens (tertiary/aromatic N) is 3. The highest BCUT2D eigenvalue weighted by Gasteiger charge is 1.97. The van der Waals surface area contributed by atoms with Gasteiger partial charge in [-0.3, -0.25) is 4.98 Å². The van der Waals surface area contributed by atoms with E-state index in [1.165, 1.54) is 5.56 Å². The lowest BCUT2D eigenvalue weighted by molar-refractivity contribution is 0.774. The SMILES string of the molecule is CC(C)c1ccncc1.CC(C)c1ncccn1. The maximum atomic E-state index is 4.07. The molecule has 96 valence electrons. The second-order valence-corrected chi connectivity index (χ2v) is 4.70. The van der Waals surface area contributed by atoms with Crippen LogP contribution in [0.4, 0.5) is 0 Å². The van der Waals surface area contributed by atoms with Gasteiger partial charge in [0.25, 0.3) is 0 Å². The Hall–Kier alpha value is -1.77. The molecule has 3 heteroatoms. The first-order valence-corrected chi connectivity index (χ1v) is 6.28. The zero-order valence-corrected chi connectivity index (χ0v) is 11.5.